The van der Waals surface area contributed by atoms with Crippen molar-refractivity contribution in [1.29, 1.82) is 0 Å². The minimum absolute atomic E-state index is 0.00320. The number of fused-ring (bicyclic) bond motifs is 1. The molecule has 3 heterocycles. The third-order valence-corrected chi connectivity index (χ3v) is 8.85. The molecule has 2 aliphatic heterocycles. The van der Waals surface area contributed by atoms with Crippen LogP contribution in [-0.2, 0) is 17.1 Å². The maximum absolute atomic E-state index is 14.2. The highest BCUT2D eigenvalue weighted by atomic mass is 32.2. The molecule has 1 aromatic heterocycles. The molecular weight excluding hydrogens is 455 g/mol. The second-order valence-electron chi connectivity index (χ2n) is 9.13. The molecule has 0 bridgehead atoms. The van der Waals surface area contributed by atoms with Gasteiger partial charge in [0.2, 0.25) is 0 Å². The van der Waals surface area contributed by atoms with Crippen LogP contribution < -0.4 is 0 Å². The van der Waals surface area contributed by atoms with Gasteiger partial charge in [0, 0.05) is 49.9 Å². The van der Waals surface area contributed by atoms with Gasteiger partial charge in [0.15, 0.2) is 5.03 Å². The Morgan fingerprint density at radius 1 is 1.09 bits per heavy atom. The first-order valence-corrected chi connectivity index (χ1v) is 13.0. The first-order valence-electron chi connectivity index (χ1n) is 11.6. The van der Waals surface area contributed by atoms with Crippen LogP contribution in [0.25, 0.3) is 11.1 Å². The Morgan fingerprint density at radius 2 is 1.82 bits per heavy atom. The maximum atomic E-state index is 14.2. The first-order chi connectivity index (χ1) is 16.4. The fourth-order valence-electron chi connectivity index (χ4n) is 5.36. The molecule has 0 amide bonds. The molecule has 7 nitrogen and oxygen atoms in total. The van der Waals surface area contributed by atoms with Gasteiger partial charge in [-0.25, -0.2) is 17.8 Å². The van der Waals surface area contributed by atoms with Crippen LogP contribution in [0.2, 0.25) is 0 Å². The second-order valence-corrected chi connectivity index (χ2v) is 11.0. The highest BCUT2D eigenvalue weighted by molar-refractivity contribution is 7.89. The third-order valence-electron chi connectivity index (χ3n) is 7.10. The molecule has 3 aromatic rings. The van der Waals surface area contributed by atoms with Crippen molar-refractivity contribution in [2.45, 2.75) is 35.9 Å². The zero-order valence-electron chi connectivity index (χ0n) is 19.1. The van der Waals surface area contributed by atoms with Crippen molar-refractivity contribution in [3.8, 4) is 11.1 Å². The lowest BCUT2D eigenvalue weighted by molar-refractivity contribution is -0.0554. The highest BCUT2D eigenvalue weighted by Crippen LogP contribution is 2.43. The van der Waals surface area contributed by atoms with Crippen molar-refractivity contribution in [2.75, 3.05) is 26.2 Å². The number of aliphatic hydroxyl groups excluding tert-OH is 1. The summed E-state index contributed by atoms with van der Waals surface area (Å²) in [7, 11) is -1.96. The zero-order chi connectivity index (χ0) is 23.9. The van der Waals surface area contributed by atoms with E-state index in [1.165, 1.54) is 18.6 Å². The van der Waals surface area contributed by atoms with E-state index in [1.807, 2.05) is 30.3 Å². The number of aryl methyl sites for hydroxylation is 1. The molecule has 0 spiro atoms. The molecule has 2 saturated heterocycles. The van der Waals surface area contributed by atoms with Crippen LogP contribution in [0.1, 0.15) is 24.3 Å². The van der Waals surface area contributed by atoms with Crippen LogP contribution in [0.4, 0.5) is 4.39 Å². The van der Waals surface area contributed by atoms with Gasteiger partial charge in [0.1, 0.15) is 5.82 Å². The first kappa shape index (κ1) is 23.2. The Labute approximate surface area is 199 Å². The molecule has 0 radical (unpaired) electrons. The number of aliphatic hydroxyl groups is 1. The van der Waals surface area contributed by atoms with Gasteiger partial charge in [-0.15, -0.1) is 0 Å². The molecule has 3 atom stereocenters. The van der Waals surface area contributed by atoms with Crippen LogP contribution in [0.15, 0.2) is 66.1 Å². The third kappa shape index (κ3) is 4.07. The molecule has 5 rings (SSSR count). The number of sulfonamides is 1. The fraction of sp³-hybridized carbons (Fsp3) is 0.400. The average Bonchev–Trinajstić information content (AvgIpc) is 3.26. The topological polar surface area (TPSA) is 78.7 Å². The monoisotopic (exact) mass is 484 g/mol. The minimum Gasteiger partial charge on any atom is -0.395 e. The molecule has 9 heteroatoms. The summed E-state index contributed by atoms with van der Waals surface area (Å²) in [4.78, 5) is 6.31. The SMILES string of the molecule is Cn1cnc(S(=O)(=O)N2CCCCN3[C@@H](CO)[C@H](c4ccc(-c5ccccc5F)cc4)[C@@H]3C2)c1. The van der Waals surface area contributed by atoms with Crippen LogP contribution in [0.5, 0.6) is 0 Å². The van der Waals surface area contributed by atoms with Gasteiger partial charge in [-0.2, -0.15) is 4.31 Å². The van der Waals surface area contributed by atoms with E-state index in [9.17, 15) is 17.9 Å². The number of rotatable bonds is 5. The Kier molecular flexibility index (Phi) is 6.28. The quantitative estimate of drug-likeness (QED) is 0.603. The molecular formula is C25H29FN4O3S. The van der Waals surface area contributed by atoms with Crippen molar-refractivity contribution in [3.63, 3.8) is 0 Å². The summed E-state index contributed by atoms with van der Waals surface area (Å²) in [6, 6.07) is 14.3. The highest BCUT2D eigenvalue weighted by Gasteiger charge is 2.50. The lowest BCUT2D eigenvalue weighted by Gasteiger charge is -2.57. The summed E-state index contributed by atoms with van der Waals surface area (Å²) in [5.74, 6) is -0.284. The lowest BCUT2D eigenvalue weighted by atomic mass is 9.74. The molecule has 0 aliphatic carbocycles. The maximum Gasteiger partial charge on any atom is 0.262 e. The van der Waals surface area contributed by atoms with Crippen LogP contribution >= 0.6 is 0 Å². The molecule has 0 saturated carbocycles. The molecule has 2 aliphatic rings. The van der Waals surface area contributed by atoms with Gasteiger partial charge in [0.25, 0.3) is 10.0 Å². The Hall–Kier alpha value is -2.59. The molecule has 0 unspecified atom stereocenters. The van der Waals surface area contributed by atoms with Gasteiger partial charge in [-0.1, -0.05) is 42.5 Å². The van der Waals surface area contributed by atoms with E-state index in [0.717, 1.165) is 30.5 Å². The normalized spacial score (nSPS) is 24.1. The summed E-state index contributed by atoms with van der Waals surface area (Å²) in [5.41, 5.74) is 2.35. The van der Waals surface area contributed by atoms with E-state index in [2.05, 4.69) is 9.88 Å². The molecule has 2 fully saturated rings. The van der Waals surface area contributed by atoms with Crippen LogP contribution in [-0.4, -0.2) is 70.6 Å². The van der Waals surface area contributed by atoms with Gasteiger partial charge >= 0.3 is 0 Å². The predicted octanol–water partition coefficient (Wildman–Crippen LogP) is 2.84. The predicted molar refractivity (Wildman–Crippen MR) is 127 cm³/mol. The molecule has 34 heavy (non-hydrogen) atoms. The Balaban J connectivity index is 1.43. The van der Waals surface area contributed by atoms with Crippen molar-refractivity contribution in [1.82, 2.24) is 18.8 Å². The van der Waals surface area contributed by atoms with E-state index in [0.29, 0.717) is 18.7 Å². The molecule has 180 valence electrons. The van der Waals surface area contributed by atoms with Crippen molar-refractivity contribution in [3.05, 3.63) is 72.4 Å². The van der Waals surface area contributed by atoms with Crippen molar-refractivity contribution >= 4 is 10.0 Å². The Bertz CT molecular complexity index is 1260. The average molecular weight is 485 g/mol. The number of hydrogen-bond donors (Lipinski definition) is 1. The standard InChI is InChI=1S/C25H29FN4O3S/c1-28-15-24(27-17-28)34(32,33)29-12-4-5-13-30-22(14-29)25(23(30)16-31)19-10-8-18(9-11-19)20-6-2-3-7-21(20)26/h2-3,6-11,15,17,22-23,25,31H,4-5,12-14,16H2,1H3/t22-,23-,25+/m0/s1. The number of aromatic nitrogens is 2. The van der Waals surface area contributed by atoms with Gasteiger partial charge < -0.3 is 9.67 Å². The van der Waals surface area contributed by atoms with E-state index >= 15 is 0 Å². The Morgan fingerprint density at radius 3 is 2.50 bits per heavy atom. The molecule has 1 N–H and O–H groups in total. The zero-order valence-corrected chi connectivity index (χ0v) is 19.9. The van der Waals surface area contributed by atoms with Crippen LogP contribution in [0.3, 0.4) is 0 Å². The number of halogens is 1. The second kappa shape index (κ2) is 9.22. The van der Waals surface area contributed by atoms with E-state index in [-0.39, 0.29) is 35.5 Å². The summed E-state index contributed by atoms with van der Waals surface area (Å²) in [6.45, 7) is 1.63. The van der Waals surface area contributed by atoms with Gasteiger partial charge in [-0.05, 0) is 36.6 Å². The van der Waals surface area contributed by atoms with Gasteiger partial charge in [-0.3, -0.25) is 4.90 Å². The van der Waals surface area contributed by atoms with Crippen LogP contribution in [0, 0.1) is 5.82 Å². The molecule has 2 aromatic carbocycles. The summed E-state index contributed by atoms with van der Waals surface area (Å²) in [5, 5.41) is 10.2. The summed E-state index contributed by atoms with van der Waals surface area (Å²) < 4.78 is 44.0. The fourth-order valence-corrected chi connectivity index (χ4v) is 6.82. The van der Waals surface area contributed by atoms with Crippen molar-refractivity contribution in [2.24, 2.45) is 7.05 Å². The van der Waals surface area contributed by atoms with E-state index in [1.54, 1.807) is 28.1 Å². The number of benzene rings is 2. The number of imidazole rings is 1. The number of nitrogens with zero attached hydrogens (tertiary/aromatic N) is 4. The minimum atomic E-state index is -3.71. The smallest absolute Gasteiger partial charge is 0.262 e. The van der Waals surface area contributed by atoms with E-state index < -0.39 is 10.0 Å². The lowest BCUT2D eigenvalue weighted by Crippen LogP contribution is -2.67. The van der Waals surface area contributed by atoms with Crippen molar-refractivity contribution < 1.29 is 17.9 Å². The van der Waals surface area contributed by atoms with Gasteiger partial charge in [0.05, 0.1) is 12.9 Å². The van der Waals surface area contributed by atoms with E-state index in [4.69, 9.17) is 0 Å². The summed E-state index contributed by atoms with van der Waals surface area (Å²) >= 11 is 0. The number of hydrogen-bond acceptors (Lipinski definition) is 5. The largest absolute Gasteiger partial charge is 0.395 e. The summed E-state index contributed by atoms with van der Waals surface area (Å²) in [6.07, 6.45) is 4.64.